The van der Waals surface area contributed by atoms with E-state index >= 15 is 0 Å². The van der Waals surface area contributed by atoms with E-state index in [0.717, 1.165) is 18.4 Å². The molecule has 5 heteroatoms. The molecule has 0 spiro atoms. The van der Waals surface area contributed by atoms with Gasteiger partial charge in [0.25, 0.3) is 5.91 Å². The van der Waals surface area contributed by atoms with E-state index in [-0.39, 0.29) is 18.4 Å². The number of hydrogen-bond donors (Lipinski definition) is 0. The number of likely N-dealkylation sites (N-methyl/N-ethyl adjacent to an activating group) is 1. The second-order valence-electron chi connectivity index (χ2n) is 7.77. The highest BCUT2D eigenvalue weighted by Gasteiger charge is 2.42. The van der Waals surface area contributed by atoms with Crippen molar-refractivity contribution < 1.29 is 14.3 Å². The summed E-state index contributed by atoms with van der Waals surface area (Å²) in [5, 5.41) is 0. The number of rotatable bonds is 3. The highest BCUT2D eigenvalue weighted by molar-refractivity contribution is 6.05. The third-order valence-electron chi connectivity index (χ3n) is 5.34. The molecule has 1 aromatic carbocycles. The first-order valence-electron chi connectivity index (χ1n) is 9.17. The first kappa shape index (κ1) is 17.8. The van der Waals surface area contributed by atoms with Crippen molar-refractivity contribution in [2.24, 2.45) is 0 Å². The summed E-state index contributed by atoms with van der Waals surface area (Å²) in [4.78, 5) is 29.2. The van der Waals surface area contributed by atoms with Crippen molar-refractivity contribution in [3.05, 3.63) is 23.8 Å². The Morgan fingerprint density at radius 1 is 1.28 bits per heavy atom. The van der Waals surface area contributed by atoms with Gasteiger partial charge in [-0.1, -0.05) is 25.3 Å². The normalized spacial score (nSPS) is 20.0. The molecule has 1 aromatic rings. The number of anilines is 1. The summed E-state index contributed by atoms with van der Waals surface area (Å²) >= 11 is 0. The molecule has 5 nitrogen and oxygen atoms in total. The zero-order chi connectivity index (χ0) is 18.2. The number of nitrogens with zero attached hydrogens (tertiary/aromatic N) is 2. The minimum absolute atomic E-state index is 0.00888. The lowest BCUT2D eigenvalue weighted by Crippen LogP contribution is -2.55. The zero-order valence-electron chi connectivity index (χ0n) is 15.7. The fraction of sp³-hybridized carbons (Fsp3) is 0.600. The molecule has 1 aliphatic heterocycles. The van der Waals surface area contributed by atoms with Gasteiger partial charge in [0.15, 0.2) is 5.60 Å². The number of hydrogen-bond acceptors (Lipinski definition) is 3. The summed E-state index contributed by atoms with van der Waals surface area (Å²) in [6, 6.07) is 6.04. The Morgan fingerprint density at radius 3 is 2.64 bits per heavy atom. The minimum Gasteiger partial charge on any atom is -0.476 e. The number of carbonyl (C=O) groups excluding carboxylic acids is 2. The van der Waals surface area contributed by atoms with Crippen LogP contribution in [0.5, 0.6) is 5.75 Å². The van der Waals surface area contributed by atoms with Crippen molar-refractivity contribution in [2.45, 2.75) is 64.5 Å². The summed E-state index contributed by atoms with van der Waals surface area (Å²) in [6.45, 7) is 5.54. The van der Waals surface area contributed by atoms with Crippen molar-refractivity contribution in [3.63, 3.8) is 0 Å². The predicted octanol–water partition coefficient (Wildman–Crippen LogP) is 3.29. The van der Waals surface area contributed by atoms with Gasteiger partial charge in [0, 0.05) is 13.1 Å². The van der Waals surface area contributed by atoms with Crippen molar-refractivity contribution in [1.82, 2.24) is 4.90 Å². The standard InChI is InChI=1S/C20H28N2O3/c1-14-10-11-17-16(12-14)22(19(24)20(2,3)25-17)13-18(23)21(4)15-8-6-5-7-9-15/h10-12,15H,5-9,13H2,1-4H3. The first-order chi connectivity index (χ1) is 11.8. The van der Waals surface area contributed by atoms with Gasteiger partial charge in [0.1, 0.15) is 12.3 Å². The van der Waals surface area contributed by atoms with E-state index in [1.807, 2.05) is 37.1 Å². The Hall–Kier alpha value is -2.04. The molecule has 1 aliphatic carbocycles. The second kappa shape index (κ2) is 6.70. The van der Waals surface area contributed by atoms with Gasteiger partial charge in [-0.3, -0.25) is 14.5 Å². The van der Waals surface area contributed by atoms with Gasteiger partial charge in [-0.05, 0) is 51.3 Å². The molecule has 0 unspecified atom stereocenters. The Bertz CT molecular complexity index is 678. The van der Waals surface area contributed by atoms with Crippen LogP contribution in [0.4, 0.5) is 5.69 Å². The largest absolute Gasteiger partial charge is 0.476 e. The third kappa shape index (κ3) is 3.51. The topological polar surface area (TPSA) is 49.9 Å². The maximum absolute atomic E-state index is 12.9. The Morgan fingerprint density at radius 2 is 1.96 bits per heavy atom. The van der Waals surface area contributed by atoms with E-state index in [0.29, 0.717) is 17.5 Å². The first-order valence-corrected chi connectivity index (χ1v) is 9.17. The highest BCUT2D eigenvalue weighted by Crippen LogP contribution is 2.38. The van der Waals surface area contributed by atoms with Crippen LogP contribution in [0.25, 0.3) is 0 Å². The molecule has 0 aromatic heterocycles. The lowest BCUT2D eigenvalue weighted by Gasteiger charge is -2.40. The van der Waals surface area contributed by atoms with Crippen LogP contribution in [0, 0.1) is 6.92 Å². The zero-order valence-corrected chi connectivity index (χ0v) is 15.7. The van der Waals surface area contributed by atoms with E-state index in [1.54, 1.807) is 18.7 Å². The summed E-state index contributed by atoms with van der Waals surface area (Å²) in [5.74, 6) is 0.477. The Kier molecular flexibility index (Phi) is 4.76. The van der Waals surface area contributed by atoms with E-state index in [2.05, 4.69) is 0 Å². The van der Waals surface area contributed by atoms with Gasteiger partial charge >= 0.3 is 0 Å². The maximum atomic E-state index is 12.9. The molecule has 0 N–H and O–H groups in total. The van der Waals surface area contributed by atoms with Crippen molar-refractivity contribution in [3.8, 4) is 5.75 Å². The minimum atomic E-state index is -0.966. The molecular weight excluding hydrogens is 316 g/mol. The smallest absolute Gasteiger partial charge is 0.271 e. The summed E-state index contributed by atoms with van der Waals surface area (Å²) < 4.78 is 5.86. The van der Waals surface area contributed by atoms with E-state index in [4.69, 9.17) is 4.74 Å². The number of amides is 2. The maximum Gasteiger partial charge on any atom is 0.271 e. The third-order valence-corrected chi connectivity index (χ3v) is 5.34. The summed E-state index contributed by atoms with van der Waals surface area (Å²) in [5.41, 5.74) is 0.758. The van der Waals surface area contributed by atoms with E-state index < -0.39 is 5.60 Å². The van der Waals surface area contributed by atoms with Crippen LogP contribution in [0.3, 0.4) is 0 Å². The molecule has 1 fully saturated rings. The molecule has 136 valence electrons. The van der Waals surface area contributed by atoms with Crippen LogP contribution >= 0.6 is 0 Å². The average Bonchev–Trinajstić information content (AvgIpc) is 2.59. The van der Waals surface area contributed by atoms with E-state index in [1.165, 1.54) is 19.3 Å². The SMILES string of the molecule is Cc1ccc2c(c1)N(CC(=O)N(C)C1CCCCC1)C(=O)C(C)(C)O2. The lowest BCUT2D eigenvalue weighted by molar-refractivity contribution is -0.137. The Balaban J connectivity index is 1.83. The van der Waals surface area contributed by atoms with Crippen LogP contribution in [-0.2, 0) is 9.59 Å². The second-order valence-corrected chi connectivity index (χ2v) is 7.77. The fourth-order valence-corrected chi connectivity index (χ4v) is 3.75. The van der Waals surface area contributed by atoms with Crippen molar-refractivity contribution in [1.29, 1.82) is 0 Å². The summed E-state index contributed by atoms with van der Waals surface area (Å²) in [6.07, 6.45) is 5.71. The van der Waals surface area contributed by atoms with Crippen LogP contribution in [0.2, 0.25) is 0 Å². The molecule has 2 amide bonds. The molecule has 0 saturated heterocycles. The van der Waals surface area contributed by atoms with Crippen LogP contribution < -0.4 is 9.64 Å². The van der Waals surface area contributed by atoms with Crippen LogP contribution in [0.1, 0.15) is 51.5 Å². The molecule has 0 radical (unpaired) electrons. The number of carbonyl (C=O) groups is 2. The predicted molar refractivity (Wildman–Crippen MR) is 97.9 cm³/mol. The van der Waals surface area contributed by atoms with Crippen molar-refractivity contribution >= 4 is 17.5 Å². The van der Waals surface area contributed by atoms with Crippen LogP contribution in [0.15, 0.2) is 18.2 Å². The lowest BCUT2D eigenvalue weighted by atomic mass is 9.94. The molecular formula is C20H28N2O3. The van der Waals surface area contributed by atoms with Crippen molar-refractivity contribution in [2.75, 3.05) is 18.5 Å². The molecule has 1 heterocycles. The highest BCUT2D eigenvalue weighted by atomic mass is 16.5. The molecule has 2 aliphatic rings. The van der Waals surface area contributed by atoms with Gasteiger partial charge in [-0.15, -0.1) is 0 Å². The molecule has 0 bridgehead atoms. The number of ether oxygens (including phenoxy) is 1. The molecule has 25 heavy (non-hydrogen) atoms. The quantitative estimate of drug-likeness (QED) is 0.845. The number of benzene rings is 1. The van der Waals surface area contributed by atoms with Gasteiger partial charge in [0.2, 0.25) is 5.91 Å². The molecule has 3 rings (SSSR count). The van der Waals surface area contributed by atoms with Gasteiger partial charge in [-0.2, -0.15) is 0 Å². The Labute approximate surface area is 149 Å². The monoisotopic (exact) mass is 344 g/mol. The number of aryl methyl sites for hydroxylation is 1. The van der Waals surface area contributed by atoms with Crippen LogP contribution in [-0.4, -0.2) is 41.9 Å². The summed E-state index contributed by atoms with van der Waals surface area (Å²) in [7, 11) is 1.87. The fourth-order valence-electron chi connectivity index (χ4n) is 3.75. The van der Waals surface area contributed by atoms with Gasteiger partial charge in [-0.25, -0.2) is 0 Å². The van der Waals surface area contributed by atoms with E-state index in [9.17, 15) is 9.59 Å². The van der Waals surface area contributed by atoms with Gasteiger partial charge in [0.05, 0.1) is 5.69 Å². The average molecular weight is 344 g/mol. The molecule has 1 saturated carbocycles. The molecule has 0 atom stereocenters. The number of fused-ring (bicyclic) bond motifs is 1. The van der Waals surface area contributed by atoms with Gasteiger partial charge < -0.3 is 9.64 Å².